The van der Waals surface area contributed by atoms with Crippen molar-refractivity contribution in [2.45, 2.75) is 0 Å². The van der Waals surface area contributed by atoms with Gasteiger partial charge in [0, 0.05) is 0 Å². The number of nitrogens with one attached hydrogen (secondary N) is 2. The molecule has 0 aliphatic heterocycles. The van der Waals surface area contributed by atoms with Crippen molar-refractivity contribution in [1.82, 2.24) is 9.97 Å². The number of aromatic nitrogens is 2. The van der Waals surface area contributed by atoms with Crippen molar-refractivity contribution in [2.75, 3.05) is 5.32 Å². The smallest absolute Gasteiger partial charge is 0.338 e. The Morgan fingerprint density at radius 3 is 2.94 bits per heavy atom. The zero-order valence-corrected chi connectivity index (χ0v) is 8.75. The topological polar surface area (TPSA) is 95.1 Å². The molecule has 0 atom stereocenters. The number of amides is 1. The number of H-pyrrole nitrogens is 1. The summed E-state index contributed by atoms with van der Waals surface area (Å²) in [5, 5.41) is 13.3. The average Bonchev–Trinajstić information content (AvgIpc) is 2.86. The fraction of sp³-hybridized carbons (Fsp3) is 0. The Balaban J connectivity index is 2.18. The molecular formula is C9H7N3O3S. The van der Waals surface area contributed by atoms with Gasteiger partial charge in [-0.1, -0.05) is 0 Å². The van der Waals surface area contributed by atoms with E-state index in [9.17, 15) is 9.59 Å². The second kappa shape index (κ2) is 4.15. The Kier molecular flexibility index (Phi) is 2.69. The predicted octanol–water partition coefficient (Wildman–Crippen LogP) is 1.42. The van der Waals surface area contributed by atoms with Gasteiger partial charge in [-0.3, -0.25) is 4.79 Å². The zero-order chi connectivity index (χ0) is 11.5. The number of thiophene rings is 1. The second-order valence-corrected chi connectivity index (χ2v) is 3.80. The van der Waals surface area contributed by atoms with E-state index in [1.54, 1.807) is 5.38 Å². The van der Waals surface area contributed by atoms with Crippen LogP contribution in [-0.4, -0.2) is 27.0 Å². The van der Waals surface area contributed by atoms with Gasteiger partial charge in [0.15, 0.2) is 0 Å². The average molecular weight is 237 g/mol. The molecule has 2 rings (SSSR count). The molecule has 0 spiro atoms. The minimum absolute atomic E-state index is 0.0814. The first-order valence-corrected chi connectivity index (χ1v) is 5.17. The highest BCUT2D eigenvalue weighted by Gasteiger charge is 2.15. The molecule has 0 aromatic carbocycles. The summed E-state index contributed by atoms with van der Waals surface area (Å²) in [6.45, 7) is 0. The quantitative estimate of drug-likeness (QED) is 0.752. The molecule has 0 saturated heterocycles. The molecule has 0 unspecified atom stereocenters. The van der Waals surface area contributed by atoms with Crippen molar-refractivity contribution in [1.29, 1.82) is 0 Å². The van der Waals surface area contributed by atoms with Crippen molar-refractivity contribution < 1.29 is 14.7 Å². The number of anilines is 1. The van der Waals surface area contributed by atoms with Crippen LogP contribution in [0.3, 0.4) is 0 Å². The van der Waals surface area contributed by atoms with Gasteiger partial charge in [-0.05, 0) is 11.4 Å². The highest BCUT2D eigenvalue weighted by molar-refractivity contribution is 7.14. The Bertz CT molecular complexity index is 518. The van der Waals surface area contributed by atoms with E-state index in [1.165, 1.54) is 18.6 Å². The Labute approximate surface area is 94.0 Å². The minimum Gasteiger partial charge on any atom is -0.478 e. The van der Waals surface area contributed by atoms with Gasteiger partial charge in [0.25, 0.3) is 5.91 Å². The summed E-state index contributed by atoms with van der Waals surface area (Å²) in [4.78, 5) is 28.7. The van der Waals surface area contributed by atoms with Crippen LogP contribution < -0.4 is 5.32 Å². The van der Waals surface area contributed by atoms with E-state index >= 15 is 0 Å². The van der Waals surface area contributed by atoms with Crippen LogP contribution in [0.5, 0.6) is 0 Å². The first kappa shape index (κ1) is 10.4. The summed E-state index contributed by atoms with van der Waals surface area (Å²) in [5.74, 6) is -1.48. The normalized spacial score (nSPS) is 10.0. The van der Waals surface area contributed by atoms with Crippen LogP contribution >= 0.6 is 11.3 Å². The van der Waals surface area contributed by atoms with E-state index in [0.29, 0.717) is 5.00 Å². The van der Waals surface area contributed by atoms with Gasteiger partial charge in [-0.2, -0.15) is 0 Å². The molecule has 2 aromatic heterocycles. The minimum atomic E-state index is -1.07. The maximum atomic E-state index is 11.6. The SMILES string of the molecule is O=C(Nc1sccc1C(=O)O)c1cnc[nH]1. The van der Waals surface area contributed by atoms with Gasteiger partial charge < -0.3 is 15.4 Å². The standard InChI is InChI=1S/C9H7N3O3S/c13-7(6-3-10-4-11-6)12-8-5(9(14)15)1-2-16-8/h1-4H,(H,10,11)(H,12,13)(H,14,15). The molecule has 3 N–H and O–H groups in total. The third-order valence-electron chi connectivity index (χ3n) is 1.87. The predicted molar refractivity (Wildman–Crippen MR) is 57.8 cm³/mol. The molecule has 82 valence electrons. The Morgan fingerprint density at radius 1 is 1.50 bits per heavy atom. The fourth-order valence-corrected chi connectivity index (χ4v) is 1.90. The molecule has 16 heavy (non-hydrogen) atoms. The second-order valence-electron chi connectivity index (χ2n) is 2.89. The lowest BCUT2D eigenvalue weighted by atomic mass is 10.3. The van der Waals surface area contributed by atoms with Gasteiger partial charge in [0.05, 0.1) is 18.1 Å². The number of nitrogens with zero attached hydrogens (tertiary/aromatic N) is 1. The molecule has 0 fully saturated rings. The molecule has 2 aromatic rings. The van der Waals surface area contributed by atoms with E-state index in [0.717, 1.165) is 11.3 Å². The number of hydrogen-bond donors (Lipinski definition) is 3. The van der Waals surface area contributed by atoms with Crippen LogP contribution in [-0.2, 0) is 0 Å². The fourth-order valence-electron chi connectivity index (χ4n) is 1.12. The highest BCUT2D eigenvalue weighted by Crippen LogP contribution is 2.23. The molecule has 0 bridgehead atoms. The molecular weight excluding hydrogens is 230 g/mol. The molecule has 0 aliphatic rings. The summed E-state index contributed by atoms with van der Waals surface area (Å²) in [5.41, 5.74) is 0.364. The molecule has 2 heterocycles. The van der Waals surface area contributed by atoms with Crippen LogP contribution in [0.2, 0.25) is 0 Å². The molecule has 0 saturated carbocycles. The molecule has 0 aliphatic carbocycles. The number of carboxylic acids is 1. The largest absolute Gasteiger partial charge is 0.478 e. The Morgan fingerprint density at radius 2 is 2.31 bits per heavy atom. The number of carbonyl (C=O) groups is 2. The lowest BCUT2D eigenvalue weighted by molar-refractivity contribution is 0.0698. The van der Waals surface area contributed by atoms with Crippen LogP contribution in [0.4, 0.5) is 5.00 Å². The summed E-state index contributed by atoms with van der Waals surface area (Å²) < 4.78 is 0. The van der Waals surface area contributed by atoms with Crippen LogP contribution in [0.25, 0.3) is 0 Å². The number of aromatic carboxylic acids is 1. The third-order valence-corrected chi connectivity index (χ3v) is 2.70. The number of aromatic amines is 1. The Hall–Kier alpha value is -2.15. The molecule has 7 heteroatoms. The first-order valence-electron chi connectivity index (χ1n) is 4.29. The van der Waals surface area contributed by atoms with Gasteiger partial charge in [-0.15, -0.1) is 11.3 Å². The number of hydrogen-bond acceptors (Lipinski definition) is 4. The van der Waals surface area contributed by atoms with Crippen molar-refractivity contribution in [3.63, 3.8) is 0 Å². The maximum absolute atomic E-state index is 11.6. The number of carboxylic acid groups (broad SMARTS) is 1. The van der Waals surface area contributed by atoms with Crippen molar-refractivity contribution in [2.24, 2.45) is 0 Å². The maximum Gasteiger partial charge on any atom is 0.338 e. The van der Waals surface area contributed by atoms with E-state index in [4.69, 9.17) is 5.11 Å². The van der Waals surface area contributed by atoms with Crippen LogP contribution in [0, 0.1) is 0 Å². The number of rotatable bonds is 3. The monoisotopic (exact) mass is 237 g/mol. The third kappa shape index (κ3) is 1.94. The van der Waals surface area contributed by atoms with E-state index in [2.05, 4.69) is 15.3 Å². The summed E-state index contributed by atoms with van der Waals surface area (Å²) in [6.07, 6.45) is 2.74. The van der Waals surface area contributed by atoms with Gasteiger partial charge >= 0.3 is 5.97 Å². The summed E-state index contributed by atoms with van der Waals surface area (Å²) in [7, 11) is 0. The van der Waals surface area contributed by atoms with Gasteiger partial charge in [0.1, 0.15) is 10.7 Å². The lowest BCUT2D eigenvalue weighted by Gasteiger charge is -2.01. The van der Waals surface area contributed by atoms with Crippen LogP contribution in [0.1, 0.15) is 20.8 Å². The van der Waals surface area contributed by atoms with E-state index in [-0.39, 0.29) is 11.3 Å². The summed E-state index contributed by atoms with van der Waals surface area (Å²) >= 11 is 1.16. The lowest BCUT2D eigenvalue weighted by Crippen LogP contribution is -2.13. The zero-order valence-electron chi connectivity index (χ0n) is 7.93. The molecule has 1 amide bonds. The van der Waals surface area contributed by atoms with Gasteiger partial charge in [-0.25, -0.2) is 9.78 Å². The van der Waals surface area contributed by atoms with Crippen LogP contribution in [0.15, 0.2) is 24.0 Å². The number of imidazole rings is 1. The molecule has 0 radical (unpaired) electrons. The van der Waals surface area contributed by atoms with Gasteiger partial charge in [0.2, 0.25) is 0 Å². The molecule has 6 nitrogen and oxygen atoms in total. The summed E-state index contributed by atoms with van der Waals surface area (Å²) in [6, 6.07) is 1.44. The van der Waals surface area contributed by atoms with Crippen molar-refractivity contribution in [3.8, 4) is 0 Å². The van der Waals surface area contributed by atoms with Crippen molar-refractivity contribution >= 4 is 28.2 Å². The first-order chi connectivity index (χ1) is 7.68. The number of carbonyl (C=O) groups excluding carboxylic acids is 1. The van der Waals surface area contributed by atoms with E-state index < -0.39 is 11.9 Å². The van der Waals surface area contributed by atoms with Crippen molar-refractivity contribution in [3.05, 3.63) is 35.2 Å². The highest BCUT2D eigenvalue weighted by atomic mass is 32.1. The van der Waals surface area contributed by atoms with E-state index in [1.807, 2.05) is 0 Å².